The Morgan fingerprint density at radius 1 is 1.09 bits per heavy atom. The average Bonchev–Trinajstić information content (AvgIpc) is 3.16. The molecule has 3 heterocycles. The third-order valence-corrected chi connectivity index (χ3v) is 6.67. The van der Waals surface area contributed by atoms with E-state index < -0.39 is 17.9 Å². The number of hydrogen-bond acceptors (Lipinski definition) is 5. The standard InChI is InChI=1S/C26H29N3O4/c1-16(19-9-6-5-7-10-19)25(31)28(4)20-12-13-22-23(17(2)26(32)33-18(3)30)21-11-8-14-27-24(21)29(22)15-20/h5-11,14,16-17,20H,12-13,15H2,1-4H3/t16-,17?,20-/m1/s1. The zero-order chi connectivity index (χ0) is 23.7. The Kier molecular flexibility index (Phi) is 6.31. The number of hydrogen-bond donors (Lipinski definition) is 0. The van der Waals surface area contributed by atoms with Crippen molar-refractivity contribution in [1.82, 2.24) is 14.5 Å². The molecule has 0 saturated heterocycles. The van der Waals surface area contributed by atoms with Crippen LogP contribution in [-0.4, -0.2) is 45.4 Å². The van der Waals surface area contributed by atoms with Gasteiger partial charge in [-0.25, -0.2) is 4.98 Å². The Bertz CT molecular complexity index is 1200. The van der Waals surface area contributed by atoms with E-state index in [1.54, 1.807) is 13.1 Å². The Labute approximate surface area is 193 Å². The lowest BCUT2D eigenvalue weighted by atomic mass is 9.93. The number of benzene rings is 1. The number of ether oxygens (including phenoxy) is 1. The molecule has 0 bridgehead atoms. The molecular formula is C26H29N3O4. The first kappa shape index (κ1) is 22.7. The Balaban J connectivity index is 1.63. The fraction of sp³-hybridized carbons (Fsp3) is 0.385. The van der Waals surface area contributed by atoms with Crippen LogP contribution in [0.15, 0.2) is 48.7 Å². The van der Waals surface area contributed by atoms with Crippen molar-refractivity contribution in [1.29, 1.82) is 0 Å². The number of carbonyl (C=O) groups excluding carboxylic acids is 3. The van der Waals surface area contributed by atoms with Crippen molar-refractivity contribution in [2.75, 3.05) is 7.05 Å². The van der Waals surface area contributed by atoms with E-state index in [9.17, 15) is 14.4 Å². The van der Waals surface area contributed by atoms with E-state index in [0.29, 0.717) is 13.0 Å². The van der Waals surface area contributed by atoms with Gasteiger partial charge in [0.2, 0.25) is 5.91 Å². The normalized spacial score (nSPS) is 17.2. The molecule has 0 radical (unpaired) electrons. The molecule has 7 heteroatoms. The number of rotatable bonds is 5. The number of nitrogens with zero attached hydrogens (tertiary/aromatic N) is 3. The van der Waals surface area contributed by atoms with Crippen molar-refractivity contribution in [3.63, 3.8) is 0 Å². The number of carbonyl (C=O) groups is 3. The highest BCUT2D eigenvalue weighted by molar-refractivity contribution is 5.93. The summed E-state index contributed by atoms with van der Waals surface area (Å²) in [5, 5.41) is 0.882. The molecule has 0 saturated carbocycles. The zero-order valence-electron chi connectivity index (χ0n) is 19.4. The minimum absolute atomic E-state index is 0.0149. The van der Waals surface area contributed by atoms with Gasteiger partial charge in [-0.05, 0) is 49.9 Å². The maximum Gasteiger partial charge on any atom is 0.320 e. The highest BCUT2D eigenvalue weighted by Crippen LogP contribution is 2.36. The van der Waals surface area contributed by atoms with Gasteiger partial charge in [0.05, 0.1) is 11.8 Å². The van der Waals surface area contributed by atoms with Gasteiger partial charge in [0.1, 0.15) is 5.65 Å². The number of pyridine rings is 1. The molecule has 172 valence electrons. The molecule has 0 spiro atoms. The fourth-order valence-corrected chi connectivity index (χ4v) is 4.84. The SMILES string of the molecule is CC(=O)OC(=O)C(C)c1c2n(c3ncccc13)C[C@H](N(C)C(=O)[C@H](C)c1ccccc1)CC2. The van der Waals surface area contributed by atoms with Crippen LogP contribution in [0.25, 0.3) is 11.0 Å². The lowest BCUT2D eigenvalue weighted by Crippen LogP contribution is -2.44. The van der Waals surface area contributed by atoms with Gasteiger partial charge in [-0.3, -0.25) is 14.4 Å². The number of likely N-dealkylation sites (N-methyl/N-ethyl adjacent to an activating group) is 1. The summed E-state index contributed by atoms with van der Waals surface area (Å²) < 4.78 is 6.99. The highest BCUT2D eigenvalue weighted by atomic mass is 16.6. The van der Waals surface area contributed by atoms with E-state index in [2.05, 4.69) is 9.55 Å². The van der Waals surface area contributed by atoms with Crippen LogP contribution in [0.5, 0.6) is 0 Å². The van der Waals surface area contributed by atoms with E-state index in [1.807, 2.05) is 61.3 Å². The maximum atomic E-state index is 13.2. The first-order chi connectivity index (χ1) is 15.8. The Hall–Kier alpha value is -3.48. The third-order valence-electron chi connectivity index (χ3n) is 6.67. The average molecular weight is 448 g/mol. The third kappa shape index (κ3) is 4.27. The number of aromatic nitrogens is 2. The van der Waals surface area contributed by atoms with E-state index >= 15 is 0 Å². The maximum absolute atomic E-state index is 13.2. The molecular weight excluding hydrogens is 418 g/mol. The van der Waals surface area contributed by atoms with Crippen molar-refractivity contribution in [3.8, 4) is 0 Å². The molecule has 3 atom stereocenters. The summed E-state index contributed by atoms with van der Waals surface area (Å²) in [4.78, 5) is 43.5. The van der Waals surface area contributed by atoms with Gasteiger partial charge in [-0.15, -0.1) is 0 Å². The van der Waals surface area contributed by atoms with E-state index in [0.717, 1.165) is 34.3 Å². The Morgan fingerprint density at radius 3 is 2.52 bits per heavy atom. The molecule has 1 aromatic carbocycles. The summed E-state index contributed by atoms with van der Waals surface area (Å²) in [6.45, 7) is 5.53. The molecule has 7 nitrogen and oxygen atoms in total. The number of fused-ring (bicyclic) bond motifs is 3. The molecule has 3 aromatic rings. The molecule has 1 aliphatic rings. The number of esters is 2. The van der Waals surface area contributed by atoms with Gasteiger partial charge >= 0.3 is 11.9 Å². The predicted octanol–water partition coefficient (Wildman–Crippen LogP) is 3.81. The van der Waals surface area contributed by atoms with Gasteiger partial charge in [0.15, 0.2) is 0 Å². The van der Waals surface area contributed by atoms with Crippen LogP contribution in [0.2, 0.25) is 0 Å². The predicted molar refractivity (Wildman–Crippen MR) is 125 cm³/mol. The van der Waals surface area contributed by atoms with Crippen molar-refractivity contribution in [2.24, 2.45) is 0 Å². The van der Waals surface area contributed by atoms with E-state index in [1.165, 1.54) is 6.92 Å². The van der Waals surface area contributed by atoms with E-state index in [-0.39, 0.29) is 17.9 Å². The molecule has 2 aromatic heterocycles. The smallest absolute Gasteiger partial charge is 0.320 e. The second kappa shape index (κ2) is 9.17. The lowest BCUT2D eigenvalue weighted by Gasteiger charge is -2.34. The topological polar surface area (TPSA) is 81.5 Å². The van der Waals surface area contributed by atoms with Crippen molar-refractivity contribution < 1.29 is 19.1 Å². The van der Waals surface area contributed by atoms with Gasteiger partial charge in [-0.2, -0.15) is 0 Å². The van der Waals surface area contributed by atoms with Gasteiger partial charge < -0.3 is 14.2 Å². The highest BCUT2D eigenvalue weighted by Gasteiger charge is 2.34. The van der Waals surface area contributed by atoms with Crippen LogP contribution in [0.4, 0.5) is 0 Å². The molecule has 1 amide bonds. The minimum atomic E-state index is -0.616. The first-order valence-electron chi connectivity index (χ1n) is 11.3. The summed E-state index contributed by atoms with van der Waals surface area (Å²) in [6, 6.07) is 13.6. The molecule has 1 unspecified atom stereocenters. The fourth-order valence-electron chi connectivity index (χ4n) is 4.84. The molecule has 1 aliphatic heterocycles. The summed E-state index contributed by atoms with van der Waals surface area (Å²) in [6.07, 6.45) is 3.21. The van der Waals surface area contributed by atoms with E-state index in [4.69, 9.17) is 4.74 Å². The van der Waals surface area contributed by atoms with Crippen LogP contribution in [0, 0.1) is 0 Å². The monoisotopic (exact) mass is 447 g/mol. The van der Waals surface area contributed by atoms with Crippen molar-refractivity contribution >= 4 is 28.9 Å². The Morgan fingerprint density at radius 2 is 1.82 bits per heavy atom. The summed E-state index contributed by atoms with van der Waals surface area (Å²) in [5.41, 5.74) is 3.66. The summed E-state index contributed by atoms with van der Waals surface area (Å²) in [7, 11) is 1.87. The van der Waals surface area contributed by atoms with Crippen LogP contribution < -0.4 is 0 Å². The van der Waals surface area contributed by atoms with Crippen LogP contribution >= 0.6 is 0 Å². The summed E-state index contributed by atoms with van der Waals surface area (Å²) >= 11 is 0. The van der Waals surface area contributed by atoms with Crippen LogP contribution in [-0.2, 0) is 32.1 Å². The van der Waals surface area contributed by atoms with Crippen LogP contribution in [0.1, 0.15) is 55.8 Å². The number of amides is 1. The molecule has 0 aliphatic carbocycles. The quantitative estimate of drug-likeness (QED) is 0.439. The molecule has 33 heavy (non-hydrogen) atoms. The zero-order valence-corrected chi connectivity index (χ0v) is 19.4. The van der Waals surface area contributed by atoms with Crippen molar-refractivity contribution in [3.05, 3.63) is 65.5 Å². The largest absolute Gasteiger partial charge is 0.393 e. The molecule has 0 fully saturated rings. The molecule has 4 rings (SSSR count). The lowest BCUT2D eigenvalue weighted by molar-refractivity contribution is -0.158. The van der Waals surface area contributed by atoms with Crippen LogP contribution in [0.3, 0.4) is 0 Å². The van der Waals surface area contributed by atoms with Gasteiger partial charge in [0, 0.05) is 43.8 Å². The second-order valence-electron chi connectivity index (χ2n) is 8.75. The summed E-state index contributed by atoms with van der Waals surface area (Å²) in [5.74, 6) is -1.92. The van der Waals surface area contributed by atoms with Gasteiger partial charge in [0.25, 0.3) is 0 Å². The minimum Gasteiger partial charge on any atom is -0.393 e. The molecule has 0 N–H and O–H groups in total. The van der Waals surface area contributed by atoms with Gasteiger partial charge in [-0.1, -0.05) is 30.3 Å². The van der Waals surface area contributed by atoms with Crippen molar-refractivity contribution in [2.45, 2.75) is 58.0 Å². The first-order valence-corrected chi connectivity index (χ1v) is 11.3. The second-order valence-corrected chi connectivity index (χ2v) is 8.75.